The molecule has 1 fully saturated rings. The molecule has 3 atom stereocenters. The third-order valence-corrected chi connectivity index (χ3v) is 4.10. The van der Waals surface area contributed by atoms with Crippen LogP contribution in [0, 0.1) is 12.8 Å². The lowest BCUT2D eigenvalue weighted by Gasteiger charge is -2.44. The molecule has 2 aliphatic rings. The number of carboxylic acids is 1. The zero-order valence-corrected chi connectivity index (χ0v) is 11.5. The van der Waals surface area contributed by atoms with Gasteiger partial charge in [-0.1, -0.05) is 6.07 Å². The predicted octanol–water partition coefficient (Wildman–Crippen LogP) is 0.797. The SMILES string of the molecule is [2H]Cc1ccc(C2=C(C(=O)O)N3C(=O)[C@H]([C@@H](C)O)[C@H]3C2)cn1. The number of nitrogens with zero attached hydrogens (tertiary/aromatic N) is 2. The number of amides is 1. The molecule has 0 spiro atoms. The molecule has 0 radical (unpaired) electrons. The van der Waals surface area contributed by atoms with Crippen LogP contribution in [0.2, 0.25) is 0 Å². The lowest BCUT2D eigenvalue weighted by atomic mass is 9.82. The molecule has 1 aromatic heterocycles. The normalized spacial score (nSPS) is 26.3. The van der Waals surface area contributed by atoms with E-state index in [9.17, 15) is 19.8 Å². The molecule has 1 aromatic rings. The van der Waals surface area contributed by atoms with E-state index in [4.69, 9.17) is 1.37 Å². The van der Waals surface area contributed by atoms with Crippen LogP contribution in [-0.2, 0) is 9.59 Å². The number of aryl methyl sites for hydroxylation is 1. The van der Waals surface area contributed by atoms with Crippen LogP contribution in [0.1, 0.15) is 26.0 Å². The van der Waals surface area contributed by atoms with Crippen molar-refractivity contribution in [3.8, 4) is 0 Å². The molecule has 110 valence electrons. The number of aliphatic hydroxyl groups excluding tert-OH is 1. The minimum Gasteiger partial charge on any atom is -0.477 e. The van der Waals surface area contributed by atoms with E-state index in [1.807, 2.05) is 0 Å². The van der Waals surface area contributed by atoms with Crippen LogP contribution in [0.15, 0.2) is 24.0 Å². The van der Waals surface area contributed by atoms with E-state index in [-0.39, 0.29) is 24.5 Å². The molecule has 3 heterocycles. The van der Waals surface area contributed by atoms with Crippen molar-refractivity contribution in [2.45, 2.75) is 32.4 Å². The van der Waals surface area contributed by atoms with Crippen molar-refractivity contribution in [3.05, 3.63) is 35.3 Å². The second kappa shape index (κ2) is 4.66. The largest absolute Gasteiger partial charge is 0.477 e. The van der Waals surface area contributed by atoms with Gasteiger partial charge in [-0.3, -0.25) is 9.78 Å². The number of β-lactam (4-membered cyclic amide) rings is 1. The average molecular weight is 289 g/mol. The summed E-state index contributed by atoms with van der Waals surface area (Å²) in [5, 5.41) is 19.1. The molecule has 1 amide bonds. The van der Waals surface area contributed by atoms with Crippen LogP contribution in [0.5, 0.6) is 0 Å². The zero-order chi connectivity index (χ0) is 16.0. The number of aromatic nitrogens is 1. The maximum Gasteiger partial charge on any atom is 0.352 e. The van der Waals surface area contributed by atoms with Crippen molar-refractivity contribution in [2.24, 2.45) is 5.92 Å². The van der Waals surface area contributed by atoms with Crippen LogP contribution < -0.4 is 0 Å². The van der Waals surface area contributed by atoms with Crippen LogP contribution in [0.4, 0.5) is 0 Å². The highest BCUT2D eigenvalue weighted by molar-refractivity contribution is 6.06. The maximum absolute atomic E-state index is 12.1. The van der Waals surface area contributed by atoms with Crippen LogP contribution >= 0.6 is 0 Å². The van der Waals surface area contributed by atoms with E-state index >= 15 is 0 Å². The molecule has 3 rings (SSSR count). The van der Waals surface area contributed by atoms with Gasteiger partial charge in [0, 0.05) is 13.3 Å². The number of carbonyl (C=O) groups is 2. The van der Waals surface area contributed by atoms with E-state index in [0.717, 1.165) is 0 Å². The molecule has 0 aliphatic carbocycles. The Hall–Kier alpha value is -2.21. The molecule has 6 heteroatoms. The monoisotopic (exact) mass is 289 g/mol. The maximum atomic E-state index is 12.1. The highest BCUT2D eigenvalue weighted by atomic mass is 16.4. The topological polar surface area (TPSA) is 90.7 Å². The Labute approximate surface area is 123 Å². The Morgan fingerprint density at radius 3 is 2.86 bits per heavy atom. The number of hydrogen-bond acceptors (Lipinski definition) is 4. The predicted molar refractivity (Wildman–Crippen MR) is 74.0 cm³/mol. The first-order chi connectivity index (χ1) is 10.5. The second-order valence-electron chi connectivity index (χ2n) is 5.42. The molecule has 2 aliphatic heterocycles. The number of fused-ring (bicyclic) bond motifs is 1. The van der Waals surface area contributed by atoms with Gasteiger partial charge in [-0.2, -0.15) is 0 Å². The Morgan fingerprint density at radius 1 is 1.57 bits per heavy atom. The Balaban J connectivity index is 1.99. The molecular formula is C15H16N2O4. The Morgan fingerprint density at radius 2 is 2.33 bits per heavy atom. The summed E-state index contributed by atoms with van der Waals surface area (Å²) in [5.41, 5.74) is 1.77. The van der Waals surface area contributed by atoms with E-state index in [1.165, 1.54) is 11.1 Å². The smallest absolute Gasteiger partial charge is 0.352 e. The molecule has 0 bridgehead atoms. The molecule has 0 saturated carbocycles. The summed E-state index contributed by atoms with van der Waals surface area (Å²) in [6.07, 6.45) is 1.13. The quantitative estimate of drug-likeness (QED) is 0.803. The summed E-state index contributed by atoms with van der Waals surface area (Å²) < 4.78 is 7.26. The molecule has 0 aromatic carbocycles. The number of rotatable bonds is 3. The van der Waals surface area contributed by atoms with Crippen molar-refractivity contribution in [1.82, 2.24) is 9.88 Å². The Bertz CT molecular complexity index is 669. The standard InChI is InChI=1S/C15H16N2O4/c1-7-3-4-9(6-16-7)10-5-11-12(8(2)18)14(19)17(11)13(10)15(20)21/h3-4,6,8,11-12,18H,5H2,1-2H3,(H,20,21)/t8-,11-,12-/m1/s1/i1D. The van der Waals surface area contributed by atoms with Crippen molar-refractivity contribution >= 4 is 17.4 Å². The van der Waals surface area contributed by atoms with Crippen LogP contribution in [-0.4, -0.2) is 44.1 Å². The van der Waals surface area contributed by atoms with Gasteiger partial charge < -0.3 is 15.1 Å². The van der Waals surface area contributed by atoms with Gasteiger partial charge in [-0.25, -0.2) is 4.79 Å². The number of aliphatic carboxylic acids is 1. The van der Waals surface area contributed by atoms with Crippen molar-refractivity contribution < 1.29 is 21.2 Å². The fourth-order valence-electron chi connectivity index (χ4n) is 3.13. The van der Waals surface area contributed by atoms with Gasteiger partial charge >= 0.3 is 5.97 Å². The first-order valence-corrected chi connectivity index (χ1v) is 6.67. The van der Waals surface area contributed by atoms with E-state index in [2.05, 4.69) is 4.98 Å². The van der Waals surface area contributed by atoms with Crippen molar-refractivity contribution in [1.29, 1.82) is 0 Å². The summed E-state index contributed by atoms with van der Waals surface area (Å²) >= 11 is 0. The van der Waals surface area contributed by atoms with Crippen LogP contribution in [0.3, 0.4) is 0 Å². The van der Waals surface area contributed by atoms with Gasteiger partial charge in [-0.05, 0) is 37.4 Å². The number of hydrogen-bond donors (Lipinski definition) is 2. The van der Waals surface area contributed by atoms with Crippen molar-refractivity contribution in [3.63, 3.8) is 0 Å². The fourth-order valence-corrected chi connectivity index (χ4v) is 3.13. The first-order valence-electron chi connectivity index (χ1n) is 7.38. The second-order valence-corrected chi connectivity index (χ2v) is 5.42. The summed E-state index contributed by atoms with van der Waals surface area (Å²) in [5.74, 6) is -2.05. The lowest BCUT2D eigenvalue weighted by Crippen LogP contribution is -2.61. The van der Waals surface area contributed by atoms with E-state index < -0.39 is 18.0 Å². The number of carbonyl (C=O) groups excluding carboxylic acids is 1. The zero-order valence-electron chi connectivity index (χ0n) is 12.5. The van der Waals surface area contributed by atoms with Crippen molar-refractivity contribution in [2.75, 3.05) is 0 Å². The molecule has 1 saturated heterocycles. The van der Waals surface area contributed by atoms with Crippen LogP contribution in [0.25, 0.3) is 5.57 Å². The third kappa shape index (κ3) is 1.94. The number of aliphatic hydroxyl groups is 1. The number of carboxylic acid groups (broad SMARTS) is 1. The summed E-state index contributed by atoms with van der Waals surface area (Å²) in [7, 11) is 0. The molecule has 2 N–H and O–H groups in total. The first kappa shape index (κ1) is 12.5. The summed E-state index contributed by atoms with van der Waals surface area (Å²) in [6, 6.07) is 3.10. The highest BCUT2D eigenvalue weighted by Gasteiger charge is 2.56. The van der Waals surface area contributed by atoms with Gasteiger partial charge in [0.1, 0.15) is 5.70 Å². The summed E-state index contributed by atoms with van der Waals surface area (Å²) in [6.45, 7) is 1.60. The minimum atomic E-state index is -1.15. The molecule has 6 nitrogen and oxygen atoms in total. The highest BCUT2D eigenvalue weighted by Crippen LogP contribution is 2.46. The van der Waals surface area contributed by atoms with Gasteiger partial charge in [0.15, 0.2) is 0 Å². The van der Waals surface area contributed by atoms with Gasteiger partial charge in [0.2, 0.25) is 5.91 Å². The van der Waals surface area contributed by atoms with Gasteiger partial charge in [0.25, 0.3) is 0 Å². The van der Waals surface area contributed by atoms with Gasteiger partial charge in [0.05, 0.1) is 18.1 Å². The lowest BCUT2D eigenvalue weighted by molar-refractivity contribution is -0.161. The van der Waals surface area contributed by atoms with E-state index in [0.29, 0.717) is 23.3 Å². The molecule has 0 unspecified atom stereocenters. The summed E-state index contributed by atoms with van der Waals surface area (Å²) in [4.78, 5) is 29.0. The number of pyridine rings is 1. The van der Waals surface area contributed by atoms with Gasteiger partial charge in [-0.15, -0.1) is 0 Å². The van der Waals surface area contributed by atoms with E-state index in [1.54, 1.807) is 19.1 Å². The average Bonchev–Trinajstić information content (AvgIpc) is 2.82. The third-order valence-electron chi connectivity index (χ3n) is 4.10. The fraction of sp³-hybridized carbons (Fsp3) is 0.400. The molecule has 21 heavy (non-hydrogen) atoms. The Kier molecular flexibility index (Phi) is 2.78. The molecular weight excluding hydrogens is 272 g/mol. The minimum absolute atomic E-state index is 0.0210.